The molecule has 16 heavy (non-hydrogen) atoms. The summed E-state index contributed by atoms with van der Waals surface area (Å²) in [5.74, 6) is -1.94. The summed E-state index contributed by atoms with van der Waals surface area (Å²) in [6.07, 6.45) is 0. The highest BCUT2D eigenvalue weighted by Crippen LogP contribution is 2.14. The van der Waals surface area contributed by atoms with E-state index in [1.807, 2.05) is 13.8 Å². The lowest BCUT2D eigenvalue weighted by Gasteiger charge is -2.20. The summed E-state index contributed by atoms with van der Waals surface area (Å²) in [4.78, 5) is 22.5. The first kappa shape index (κ1) is 12.9. The molecule has 3 unspecified atom stereocenters. The highest BCUT2D eigenvalue weighted by molar-refractivity contribution is 5.83. The molecule has 1 amide bonds. The van der Waals surface area contributed by atoms with E-state index in [-0.39, 0.29) is 25.0 Å². The van der Waals surface area contributed by atoms with Gasteiger partial charge in [0.25, 0.3) is 0 Å². The minimum atomic E-state index is -0.957. The number of nitrogens with two attached hydrogens (primary N) is 1. The number of amides is 1. The Kier molecular flexibility index (Phi) is 4.26. The number of hydrogen-bond acceptors (Lipinski definition) is 4. The fourth-order valence-corrected chi connectivity index (χ4v) is 1.52. The third-order valence-electron chi connectivity index (χ3n) is 2.75. The van der Waals surface area contributed by atoms with E-state index in [1.54, 1.807) is 0 Å². The van der Waals surface area contributed by atoms with Crippen LogP contribution in [0.3, 0.4) is 0 Å². The van der Waals surface area contributed by atoms with E-state index in [0.717, 1.165) is 0 Å². The molecule has 92 valence electrons. The van der Waals surface area contributed by atoms with Gasteiger partial charge in [-0.25, -0.2) is 0 Å². The zero-order chi connectivity index (χ0) is 12.3. The summed E-state index contributed by atoms with van der Waals surface area (Å²) in [6, 6.07) is -1.09. The molecule has 1 rings (SSSR count). The van der Waals surface area contributed by atoms with E-state index in [1.165, 1.54) is 0 Å². The number of rotatable bonds is 4. The predicted molar refractivity (Wildman–Crippen MR) is 56.7 cm³/mol. The molecule has 1 fully saturated rings. The Balaban J connectivity index is 2.53. The van der Waals surface area contributed by atoms with Gasteiger partial charge in [0.2, 0.25) is 5.91 Å². The lowest BCUT2D eigenvalue weighted by molar-refractivity contribution is -0.142. The molecule has 1 aliphatic rings. The van der Waals surface area contributed by atoms with Crippen LogP contribution in [0.15, 0.2) is 0 Å². The van der Waals surface area contributed by atoms with Gasteiger partial charge < -0.3 is 20.9 Å². The van der Waals surface area contributed by atoms with E-state index in [4.69, 9.17) is 15.6 Å². The van der Waals surface area contributed by atoms with Crippen LogP contribution in [0.25, 0.3) is 0 Å². The molecule has 0 aliphatic carbocycles. The zero-order valence-electron chi connectivity index (χ0n) is 9.47. The second-order valence-corrected chi connectivity index (χ2v) is 4.37. The molecule has 0 saturated carbocycles. The fourth-order valence-electron chi connectivity index (χ4n) is 1.52. The molecule has 4 N–H and O–H groups in total. The molecule has 0 aromatic heterocycles. The summed E-state index contributed by atoms with van der Waals surface area (Å²) in [5.41, 5.74) is 5.66. The number of carboxylic acids is 1. The molecule has 6 heteroatoms. The van der Waals surface area contributed by atoms with Gasteiger partial charge in [-0.1, -0.05) is 13.8 Å². The predicted octanol–water partition coefficient (Wildman–Crippen LogP) is -0.814. The van der Waals surface area contributed by atoms with Crippen molar-refractivity contribution in [2.45, 2.75) is 25.9 Å². The van der Waals surface area contributed by atoms with Crippen molar-refractivity contribution in [1.29, 1.82) is 0 Å². The fraction of sp³-hybridized carbons (Fsp3) is 0.800. The summed E-state index contributed by atoms with van der Waals surface area (Å²) < 4.78 is 5.04. The molecule has 6 nitrogen and oxygen atoms in total. The van der Waals surface area contributed by atoms with Crippen LogP contribution >= 0.6 is 0 Å². The van der Waals surface area contributed by atoms with Crippen molar-refractivity contribution in [3.63, 3.8) is 0 Å². The third kappa shape index (κ3) is 2.93. The quantitative estimate of drug-likeness (QED) is 0.586. The Morgan fingerprint density at radius 1 is 1.44 bits per heavy atom. The molecule has 1 heterocycles. The van der Waals surface area contributed by atoms with Crippen LogP contribution in [0.4, 0.5) is 0 Å². The van der Waals surface area contributed by atoms with Gasteiger partial charge in [-0.05, 0) is 5.92 Å². The van der Waals surface area contributed by atoms with E-state index in [9.17, 15) is 9.59 Å². The number of carbonyl (C=O) groups excluding carboxylic acids is 1. The minimum absolute atomic E-state index is 0.0191. The van der Waals surface area contributed by atoms with Crippen LogP contribution in [0.2, 0.25) is 0 Å². The minimum Gasteiger partial charge on any atom is -0.481 e. The van der Waals surface area contributed by atoms with Crippen LogP contribution in [-0.2, 0) is 14.3 Å². The average Bonchev–Trinajstić information content (AvgIpc) is 2.64. The average molecular weight is 230 g/mol. The molecule has 1 aliphatic heterocycles. The van der Waals surface area contributed by atoms with Crippen molar-refractivity contribution in [1.82, 2.24) is 5.32 Å². The second kappa shape index (κ2) is 5.27. The van der Waals surface area contributed by atoms with Crippen molar-refractivity contribution >= 4 is 11.9 Å². The van der Waals surface area contributed by atoms with Gasteiger partial charge in [-0.3, -0.25) is 9.59 Å². The molecule has 0 bridgehead atoms. The van der Waals surface area contributed by atoms with Crippen molar-refractivity contribution in [3.05, 3.63) is 0 Å². The van der Waals surface area contributed by atoms with Gasteiger partial charge in [0.1, 0.15) is 5.92 Å². The number of hydrogen-bond donors (Lipinski definition) is 3. The van der Waals surface area contributed by atoms with Crippen LogP contribution in [0, 0.1) is 11.8 Å². The van der Waals surface area contributed by atoms with Crippen LogP contribution in [-0.4, -0.2) is 42.3 Å². The summed E-state index contributed by atoms with van der Waals surface area (Å²) in [6.45, 7) is 4.04. The SMILES string of the molecule is CC(C)C(N)C(=O)NC1COCC1C(=O)O. The molecule has 0 spiro atoms. The standard InChI is InChI=1S/C10H18N2O4/c1-5(2)8(11)9(13)12-7-4-16-3-6(7)10(14)15/h5-8H,3-4,11H2,1-2H3,(H,12,13)(H,14,15). The highest BCUT2D eigenvalue weighted by Gasteiger charge is 2.36. The van der Waals surface area contributed by atoms with Gasteiger partial charge >= 0.3 is 5.97 Å². The normalized spacial score (nSPS) is 26.8. The van der Waals surface area contributed by atoms with Crippen molar-refractivity contribution in [2.75, 3.05) is 13.2 Å². The highest BCUT2D eigenvalue weighted by atomic mass is 16.5. The Bertz CT molecular complexity index is 280. The molecular formula is C10H18N2O4. The van der Waals surface area contributed by atoms with Crippen LogP contribution in [0.5, 0.6) is 0 Å². The monoisotopic (exact) mass is 230 g/mol. The van der Waals surface area contributed by atoms with Gasteiger partial charge in [-0.15, -0.1) is 0 Å². The van der Waals surface area contributed by atoms with E-state index < -0.39 is 24.0 Å². The largest absolute Gasteiger partial charge is 0.481 e. The lowest BCUT2D eigenvalue weighted by atomic mass is 10.0. The van der Waals surface area contributed by atoms with Crippen molar-refractivity contribution in [2.24, 2.45) is 17.6 Å². The van der Waals surface area contributed by atoms with Gasteiger partial charge in [0, 0.05) is 0 Å². The lowest BCUT2D eigenvalue weighted by Crippen LogP contribution is -2.51. The molecular weight excluding hydrogens is 212 g/mol. The number of carboxylic acid groups (broad SMARTS) is 1. The van der Waals surface area contributed by atoms with Crippen LogP contribution in [0.1, 0.15) is 13.8 Å². The maximum atomic E-state index is 11.6. The van der Waals surface area contributed by atoms with Crippen molar-refractivity contribution in [3.8, 4) is 0 Å². The molecule has 0 aromatic carbocycles. The van der Waals surface area contributed by atoms with Gasteiger partial charge in [-0.2, -0.15) is 0 Å². The Morgan fingerprint density at radius 3 is 2.56 bits per heavy atom. The molecule has 3 atom stereocenters. The summed E-state index contributed by atoms with van der Waals surface area (Å²) in [7, 11) is 0. The van der Waals surface area contributed by atoms with Crippen molar-refractivity contribution < 1.29 is 19.4 Å². The Hall–Kier alpha value is -1.14. The third-order valence-corrected chi connectivity index (χ3v) is 2.75. The summed E-state index contributed by atoms with van der Waals surface area (Å²) in [5, 5.41) is 11.5. The number of aliphatic carboxylic acids is 1. The maximum absolute atomic E-state index is 11.6. The molecule has 0 radical (unpaired) electrons. The van der Waals surface area contributed by atoms with Crippen LogP contribution < -0.4 is 11.1 Å². The molecule has 1 saturated heterocycles. The second-order valence-electron chi connectivity index (χ2n) is 4.37. The zero-order valence-corrected chi connectivity index (χ0v) is 9.47. The Morgan fingerprint density at radius 2 is 2.06 bits per heavy atom. The number of carbonyl (C=O) groups is 2. The van der Waals surface area contributed by atoms with E-state index in [0.29, 0.717) is 0 Å². The Labute approximate surface area is 94.1 Å². The topological polar surface area (TPSA) is 102 Å². The molecule has 0 aromatic rings. The number of ether oxygens (including phenoxy) is 1. The van der Waals surface area contributed by atoms with E-state index >= 15 is 0 Å². The summed E-state index contributed by atoms with van der Waals surface area (Å²) >= 11 is 0. The van der Waals surface area contributed by atoms with Gasteiger partial charge in [0.05, 0.1) is 25.3 Å². The number of nitrogens with one attached hydrogen (secondary N) is 1. The first-order valence-electron chi connectivity index (χ1n) is 5.30. The maximum Gasteiger partial charge on any atom is 0.311 e. The van der Waals surface area contributed by atoms with E-state index in [2.05, 4.69) is 5.32 Å². The first-order valence-corrected chi connectivity index (χ1v) is 5.30. The smallest absolute Gasteiger partial charge is 0.311 e. The van der Waals surface area contributed by atoms with Gasteiger partial charge in [0.15, 0.2) is 0 Å². The first-order chi connectivity index (χ1) is 7.43.